The molecule has 0 rings (SSSR count). The molecule has 0 aliphatic heterocycles. The first-order valence-corrected chi connectivity index (χ1v) is 7.23. The lowest BCUT2D eigenvalue weighted by molar-refractivity contribution is 0.108. The summed E-state index contributed by atoms with van der Waals surface area (Å²) in [5.74, 6) is 1.51. The zero-order valence-corrected chi connectivity index (χ0v) is 15.3. The summed E-state index contributed by atoms with van der Waals surface area (Å²) in [5.41, 5.74) is 0. The average Bonchev–Trinajstić information content (AvgIpc) is 2.35. The molecule has 5 heteroatoms. The zero-order valence-electron chi connectivity index (χ0n) is 13.0. The van der Waals surface area contributed by atoms with Gasteiger partial charge < -0.3 is 15.4 Å². The fraction of sp³-hybridized carbons (Fsp3) is 0.929. The van der Waals surface area contributed by atoms with Crippen molar-refractivity contribution in [2.75, 3.05) is 33.4 Å². The van der Waals surface area contributed by atoms with E-state index in [1.807, 2.05) is 7.05 Å². The lowest BCUT2D eigenvalue weighted by Gasteiger charge is -2.12. The van der Waals surface area contributed by atoms with Gasteiger partial charge >= 0.3 is 0 Å². The number of nitrogens with one attached hydrogen (secondary N) is 2. The molecule has 0 bridgehead atoms. The predicted octanol–water partition coefficient (Wildman–Crippen LogP) is 3.02. The molecule has 0 aliphatic carbocycles. The molecule has 19 heavy (non-hydrogen) atoms. The second kappa shape index (κ2) is 16.0. The predicted molar refractivity (Wildman–Crippen MR) is 94.6 cm³/mol. The van der Waals surface area contributed by atoms with Crippen molar-refractivity contribution in [3.8, 4) is 0 Å². The second-order valence-corrected chi connectivity index (χ2v) is 4.96. The van der Waals surface area contributed by atoms with Gasteiger partial charge in [0.15, 0.2) is 5.96 Å². The number of hydrogen-bond acceptors (Lipinski definition) is 2. The molecule has 0 aliphatic rings. The summed E-state index contributed by atoms with van der Waals surface area (Å²) >= 11 is 0. The molecule has 0 unspecified atom stereocenters. The zero-order chi connectivity index (χ0) is 13.6. The standard InChI is InChI=1S/C14H31N3O.HI/c1-5-6-7-9-16-14(15-4)17-10-8-11-18-12-13(2)3;/h13H,5-12H2,1-4H3,(H2,15,16,17);1H. The van der Waals surface area contributed by atoms with Crippen molar-refractivity contribution < 1.29 is 4.74 Å². The highest BCUT2D eigenvalue weighted by Gasteiger charge is 1.97. The van der Waals surface area contributed by atoms with E-state index in [4.69, 9.17) is 4.74 Å². The molecule has 0 saturated carbocycles. The molecule has 0 saturated heterocycles. The number of rotatable bonds is 10. The monoisotopic (exact) mass is 385 g/mol. The minimum absolute atomic E-state index is 0. The van der Waals surface area contributed by atoms with Gasteiger partial charge in [-0.2, -0.15) is 0 Å². The molecular formula is C14H32IN3O. The van der Waals surface area contributed by atoms with Gasteiger partial charge in [0, 0.05) is 33.4 Å². The third-order valence-corrected chi connectivity index (χ3v) is 2.51. The Bertz CT molecular complexity index is 211. The Hall–Kier alpha value is -0.0400. The number of hydrogen-bond donors (Lipinski definition) is 2. The van der Waals surface area contributed by atoms with Crippen molar-refractivity contribution in [2.45, 2.75) is 46.5 Å². The summed E-state index contributed by atoms with van der Waals surface area (Å²) in [6, 6.07) is 0. The topological polar surface area (TPSA) is 45.7 Å². The number of ether oxygens (including phenoxy) is 1. The Labute approximate surface area is 136 Å². The number of aliphatic imine (C=N–C) groups is 1. The Kier molecular flexibility index (Phi) is 17.9. The first-order valence-electron chi connectivity index (χ1n) is 7.23. The maximum Gasteiger partial charge on any atom is 0.190 e. The molecule has 0 heterocycles. The summed E-state index contributed by atoms with van der Waals surface area (Å²) in [5, 5.41) is 6.60. The Balaban J connectivity index is 0. The molecule has 116 valence electrons. The number of guanidine groups is 1. The molecule has 0 aromatic rings. The van der Waals surface area contributed by atoms with Crippen molar-refractivity contribution in [3.63, 3.8) is 0 Å². The summed E-state index contributed by atoms with van der Waals surface area (Å²) in [7, 11) is 1.81. The Morgan fingerprint density at radius 1 is 1.11 bits per heavy atom. The van der Waals surface area contributed by atoms with Crippen molar-refractivity contribution in [2.24, 2.45) is 10.9 Å². The van der Waals surface area contributed by atoms with Gasteiger partial charge in [-0.05, 0) is 18.8 Å². The maximum absolute atomic E-state index is 5.52. The van der Waals surface area contributed by atoms with Crippen LogP contribution in [0.4, 0.5) is 0 Å². The van der Waals surface area contributed by atoms with E-state index < -0.39 is 0 Å². The van der Waals surface area contributed by atoms with Gasteiger partial charge in [0.1, 0.15) is 0 Å². The van der Waals surface area contributed by atoms with E-state index in [9.17, 15) is 0 Å². The number of halogens is 1. The lowest BCUT2D eigenvalue weighted by Crippen LogP contribution is -2.38. The van der Waals surface area contributed by atoms with Gasteiger partial charge in [-0.1, -0.05) is 33.6 Å². The van der Waals surface area contributed by atoms with Crippen LogP contribution in [0, 0.1) is 5.92 Å². The largest absolute Gasteiger partial charge is 0.381 e. The highest BCUT2D eigenvalue weighted by atomic mass is 127. The summed E-state index contributed by atoms with van der Waals surface area (Å²) < 4.78 is 5.52. The molecule has 0 spiro atoms. The highest BCUT2D eigenvalue weighted by molar-refractivity contribution is 14.0. The second-order valence-electron chi connectivity index (χ2n) is 4.96. The third kappa shape index (κ3) is 15.9. The van der Waals surface area contributed by atoms with Gasteiger partial charge in [-0.25, -0.2) is 0 Å². The van der Waals surface area contributed by atoms with Crippen LogP contribution < -0.4 is 10.6 Å². The first kappa shape index (κ1) is 21.3. The van der Waals surface area contributed by atoms with E-state index in [1.165, 1.54) is 19.3 Å². The summed E-state index contributed by atoms with van der Waals surface area (Å²) in [6.07, 6.45) is 4.74. The molecule has 0 amide bonds. The molecule has 0 radical (unpaired) electrons. The van der Waals surface area contributed by atoms with Crippen LogP contribution in [0.5, 0.6) is 0 Å². The van der Waals surface area contributed by atoms with Crippen LogP contribution in [0.3, 0.4) is 0 Å². The van der Waals surface area contributed by atoms with E-state index in [-0.39, 0.29) is 24.0 Å². The average molecular weight is 385 g/mol. The van der Waals surface area contributed by atoms with Crippen molar-refractivity contribution in [1.29, 1.82) is 0 Å². The van der Waals surface area contributed by atoms with Crippen LogP contribution in [-0.4, -0.2) is 39.3 Å². The maximum atomic E-state index is 5.52. The van der Waals surface area contributed by atoms with Crippen LogP contribution in [0.15, 0.2) is 4.99 Å². The van der Waals surface area contributed by atoms with E-state index >= 15 is 0 Å². The van der Waals surface area contributed by atoms with Gasteiger partial charge in [-0.3, -0.25) is 4.99 Å². The van der Waals surface area contributed by atoms with E-state index in [0.29, 0.717) is 5.92 Å². The van der Waals surface area contributed by atoms with Gasteiger partial charge in [0.2, 0.25) is 0 Å². The van der Waals surface area contributed by atoms with Crippen molar-refractivity contribution in [3.05, 3.63) is 0 Å². The van der Waals surface area contributed by atoms with Crippen LogP contribution in [0.2, 0.25) is 0 Å². The molecule has 0 atom stereocenters. The smallest absolute Gasteiger partial charge is 0.190 e. The van der Waals surface area contributed by atoms with E-state index in [2.05, 4.69) is 36.4 Å². The fourth-order valence-corrected chi connectivity index (χ4v) is 1.50. The van der Waals surface area contributed by atoms with Crippen LogP contribution in [0.1, 0.15) is 46.5 Å². The Morgan fingerprint density at radius 3 is 2.26 bits per heavy atom. The minimum Gasteiger partial charge on any atom is -0.381 e. The quantitative estimate of drug-likeness (QED) is 0.263. The van der Waals surface area contributed by atoms with E-state index in [0.717, 1.165) is 38.7 Å². The highest BCUT2D eigenvalue weighted by Crippen LogP contribution is 1.93. The van der Waals surface area contributed by atoms with Gasteiger partial charge in [-0.15, -0.1) is 24.0 Å². The molecular weight excluding hydrogens is 353 g/mol. The third-order valence-electron chi connectivity index (χ3n) is 2.51. The Morgan fingerprint density at radius 2 is 1.74 bits per heavy atom. The van der Waals surface area contributed by atoms with Crippen LogP contribution >= 0.6 is 24.0 Å². The molecule has 0 aromatic carbocycles. The molecule has 2 N–H and O–H groups in total. The fourth-order valence-electron chi connectivity index (χ4n) is 1.50. The summed E-state index contributed by atoms with van der Waals surface area (Å²) in [6.45, 7) is 10.1. The van der Waals surface area contributed by atoms with Crippen LogP contribution in [-0.2, 0) is 4.74 Å². The first-order chi connectivity index (χ1) is 8.70. The summed E-state index contributed by atoms with van der Waals surface area (Å²) in [4.78, 5) is 4.19. The number of nitrogens with zero attached hydrogens (tertiary/aromatic N) is 1. The van der Waals surface area contributed by atoms with Gasteiger partial charge in [0.05, 0.1) is 0 Å². The SMILES string of the molecule is CCCCCNC(=NC)NCCCOCC(C)C.I. The van der Waals surface area contributed by atoms with Crippen LogP contribution in [0.25, 0.3) is 0 Å². The normalized spacial score (nSPS) is 11.3. The van der Waals surface area contributed by atoms with Crippen molar-refractivity contribution >= 4 is 29.9 Å². The van der Waals surface area contributed by atoms with Crippen molar-refractivity contribution in [1.82, 2.24) is 10.6 Å². The van der Waals surface area contributed by atoms with Gasteiger partial charge in [0.25, 0.3) is 0 Å². The molecule has 0 fully saturated rings. The number of unbranched alkanes of at least 4 members (excludes halogenated alkanes) is 2. The lowest BCUT2D eigenvalue weighted by atomic mass is 10.2. The molecule has 0 aromatic heterocycles. The van der Waals surface area contributed by atoms with E-state index in [1.54, 1.807) is 0 Å². The molecule has 4 nitrogen and oxygen atoms in total. The minimum atomic E-state index is 0.